The summed E-state index contributed by atoms with van der Waals surface area (Å²) < 4.78 is 1.66. The van der Waals surface area contributed by atoms with Gasteiger partial charge >= 0.3 is 0 Å². The van der Waals surface area contributed by atoms with Gasteiger partial charge in [-0.25, -0.2) is 0 Å². The van der Waals surface area contributed by atoms with Crippen LogP contribution in [0.25, 0.3) is 0 Å². The first-order valence-electron chi connectivity index (χ1n) is 4.98. The molecule has 3 nitrogen and oxygen atoms in total. The Bertz CT molecular complexity index is 505. The maximum atomic E-state index is 10.5. The zero-order valence-corrected chi connectivity index (χ0v) is 9.94. The number of rotatable bonds is 2. The minimum Gasteiger partial charge on any atom is -0.379 e. The molecule has 0 fully saturated rings. The standard InChI is InChI=1S/C12H13ClN2O/c1-12(16,11-6-7-15(2)14-11)9-4-3-5-10(13)8-9/h3-8,16H,1-2H3. The van der Waals surface area contributed by atoms with E-state index >= 15 is 0 Å². The molecule has 1 aromatic heterocycles. The fourth-order valence-corrected chi connectivity index (χ4v) is 1.80. The van der Waals surface area contributed by atoms with Crippen molar-refractivity contribution in [1.82, 2.24) is 9.78 Å². The molecule has 1 unspecified atom stereocenters. The first-order chi connectivity index (χ1) is 7.50. The van der Waals surface area contributed by atoms with Crippen molar-refractivity contribution in [3.8, 4) is 0 Å². The van der Waals surface area contributed by atoms with Crippen molar-refractivity contribution >= 4 is 11.6 Å². The minimum atomic E-state index is -1.12. The Kier molecular flexibility index (Phi) is 2.74. The lowest BCUT2D eigenvalue weighted by Crippen LogP contribution is -2.23. The average Bonchev–Trinajstić information content (AvgIpc) is 2.65. The summed E-state index contributed by atoms with van der Waals surface area (Å²) in [5, 5.41) is 15.3. The fourth-order valence-electron chi connectivity index (χ4n) is 1.61. The third-order valence-electron chi connectivity index (χ3n) is 2.60. The third-order valence-corrected chi connectivity index (χ3v) is 2.83. The van der Waals surface area contributed by atoms with Crippen LogP contribution in [0.3, 0.4) is 0 Å². The SMILES string of the molecule is Cn1ccc(C(C)(O)c2cccc(Cl)c2)n1. The number of hydrogen-bond acceptors (Lipinski definition) is 2. The van der Waals surface area contributed by atoms with E-state index in [-0.39, 0.29) is 0 Å². The topological polar surface area (TPSA) is 38.0 Å². The van der Waals surface area contributed by atoms with Gasteiger partial charge in [0.15, 0.2) is 0 Å². The summed E-state index contributed by atoms with van der Waals surface area (Å²) >= 11 is 5.91. The highest BCUT2D eigenvalue weighted by Gasteiger charge is 2.28. The summed E-state index contributed by atoms with van der Waals surface area (Å²) in [7, 11) is 1.82. The molecule has 1 atom stereocenters. The molecule has 0 aliphatic heterocycles. The van der Waals surface area contributed by atoms with Crippen LogP contribution in [0.5, 0.6) is 0 Å². The second-order valence-corrected chi connectivity index (χ2v) is 4.39. The van der Waals surface area contributed by atoms with Gasteiger partial charge in [-0.2, -0.15) is 5.10 Å². The van der Waals surface area contributed by atoms with E-state index < -0.39 is 5.60 Å². The lowest BCUT2D eigenvalue weighted by atomic mass is 9.93. The molecule has 16 heavy (non-hydrogen) atoms. The zero-order chi connectivity index (χ0) is 11.8. The van der Waals surface area contributed by atoms with Gasteiger partial charge in [0, 0.05) is 18.3 Å². The monoisotopic (exact) mass is 236 g/mol. The number of halogens is 1. The van der Waals surface area contributed by atoms with Gasteiger partial charge < -0.3 is 5.11 Å². The molecule has 0 aliphatic carbocycles. The molecular weight excluding hydrogens is 224 g/mol. The second-order valence-electron chi connectivity index (χ2n) is 3.96. The number of nitrogens with zero attached hydrogens (tertiary/aromatic N) is 2. The number of hydrogen-bond donors (Lipinski definition) is 1. The molecule has 4 heteroatoms. The van der Waals surface area contributed by atoms with Crippen molar-refractivity contribution < 1.29 is 5.11 Å². The largest absolute Gasteiger partial charge is 0.379 e. The van der Waals surface area contributed by atoms with Crippen LogP contribution in [0.2, 0.25) is 5.02 Å². The molecule has 0 spiro atoms. The van der Waals surface area contributed by atoms with E-state index in [0.717, 1.165) is 5.56 Å². The van der Waals surface area contributed by atoms with Crippen LogP contribution in [0.15, 0.2) is 36.5 Å². The molecule has 0 aliphatic rings. The molecule has 2 aromatic rings. The van der Waals surface area contributed by atoms with E-state index in [0.29, 0.717) is 10.7 Å². The van der Waals surface area contributed by atoms with Crippen LogP contribution < -0.4 is 0 Å². The molecule has 0 radical (unpaired) electrons. The molecule has 2 rings (SSSR count). The van der Waals surface area contributed by atoms with Gasteiger partial charge in [0.25, 0.3) is 0 Å². The third kappa shape index (κ3) is 1.96. The molecule has 0 saturated carbocycles. The molecule has 0 bridgehead atoms. The predicted molar refractivity (Wildman–Crippen MR) is 63.3 cm³/mol. The van der Waals surface area contributed by atoms with Crippen molar-refractivity contribution in [2.75, 3.05) is 0 Å². The van der Waals surface area contributed by atoms with Gasteiger partial charge in [-0.1, -0.05) is 23.7 Å². The molecule has 84 valence electrons. The van der Waals surface area contributed by atoms with Crippen LogP contribution in [0, 0.1) is 0 Å². The van der Waals surface area contributed by atoms with Crippen molar-refractivity contribution in [3.63, 3.8) is 0 Å². The summed E-state index contributed by atoms with van der Waals surface area (Å²) in [6, 6.07) is 8.96. The number of aryl methyl sites for hydroxylation is 1. The maximum absolute atomic E-state index is 10.5. The van der Waals surface area contributed by atoms with E-state index in [1.54, 1.807) is 36.0 Å². The Morgan fingerprint density at radius 2 is 2.12 bits per heavy atom. The van der Waals surface area contributed by atoms with Crippen LogP contribution >= 0.6 is 11.6 Å². The van der Waals surface area contributed by atoms with E-state index in [4.69, 9.17) is 11.6 Å². The highest BCUT2D eigenvalue weighted by atomic mass is 35.5. The van der Waals surface area contributed by atoms with Crippen molar-refractivity contribution in [3.05, 3.63) is 52.8 Å². The number of benzene rings is 1. The maximum Gasteiger partial charge on any atom is 0.131 e. The van der Waals surface area contributed by atoms with Crippen molar-refractivity contribution in [2.45, 2.75) is 12.5 Å². The lowest BCUT2D eigenvalue weighted by Gasteiger charge is -2.21. The van der Waals surface area contributed by atoms with Gasteiger partial charge in [-0.15, -0.1) is 0 Å². The zero-order valence-electron chi connectivity index (χ0n) is 9.18. The van der Waals surface area contributed by atoms with E-state index in [1.165, 1.54) is 0 Å². The number of aromatic nitrogens is 2. The van der Waals surface area contributed by atoms with Gasteiger partial charge in [0.05, 0.1) is 5.69 Å². The van der Waals surface area contributed by atoms with Gasteiger partial charge in [-0.3, -0.25) is 4.68 Å². The van der Waals surface area contributed by atoms with E-state index in [9.17, 15) is 5.11 Å². The minimum absolute atomic E-state index is 0.605. The van der Waals surface area contributed by atoms with E-state index in [2.05, 4.69) is 5.10 Å². The Balaban J connectivity index is 2.46. The Hall–Kier alpha value is -1.32. The van der Waals surface area contributed by atoms with Gasteiger partial charge in [0.2, 0.25) is 0 Å². The van der Waals surface area contributed by atoms with E-state index in [1.807, 2.05) is 19.2 Å². The van der Waals surface area contributed by atoms with Crippen molar-refractivity contribution in [2.24, 2.45) is 7.05 Å². The molecule has 0 saturated heterocycles. The normalized spacial score (nSPS) is 14.8. The summed E-state index contributed by atoms with van der Waals surface area (Å²) in [6.45, 7) is 1.71. The molecule has 1 N–H and O–H groups in total. The highest BCUT2D eigenvalue weighted by molar-refractivity contribution is 6.30. The van der Waals surface area contributed by atoms with Crippen LogP contribution in [0.1, 0.15) is 18.2 Å². The molecule has 1 aromatic carbocycles. The highest BCUT2D eigenvalue weighted by Crippen LogP contribution is 2.29. The Labute approximate surface area is 99.3 Å². The summed E-state index contributed by atoms with van der Waals surface area (Å²) in [5.41, 5.74) is 0.225. The van der Waals surface area contributed by atoms with Crippen LogP contribution in [0.4, 0.5) is 0 Å². The molecule has 0 amide bonds. The summed E-state index contributed by atoms with van der Waals surface area (Å²) in [4.78, 5) is 0. The van der Waals surface area contributed by atoms with Crippen LogP contribution in [-0.2, 0) is 12.6 Å². The quantitative estimate of drug-likeness (QED) is 0.869. The fraction of sp³-hybridized carbons (Fsp3) is 0.250. The summed E-state index contributed by atoms with van der Waals surface area (Å²) in [6.07, 6.45) is 1.80. The second kappa shape index (κ2) is 3.92. The smallest absolute Gasteiger partial charge is 0.131 e. The number of aliphatic hydroxyl groups is 1. The van der Waals surface area contributed by atoms with Crippen molar-refractivity contribution in [1.29, 1.82) is 0 Å². The Morgan fingerprint density at radius 3 is 2.69 bits per heavy atom. The first kappa shape index (κ1) is 11.2. The average molecular weight is 237 g/mol. The summed E-state index contributed by atoms with van der Waals surface area (Å²) in [5.74, 6) is 0. The molecule has 1 heterocycles. The lowest BCUT2D eigenvalue weighted by molar-refractivity contribution is 0.0967. The first-order valence-corrected chi connectivity index (χ1v) is 5.36. The van der Waals surface area contributed by atoms with Gasteiger partial charge in [0.1, 0.15) is 5.60 Å². The predicted octanol–water partition coefficient (Wildman–Crippen LogP) is 2.33. The molecular formula is C12H13ClN2O. The Morgan fingerprint density at radius 1 is 1.38 bits per heavy atom. The van der Waals surface area contributed by atoms with Gasteiger partial charge in [-0.05, 0) is 30.7 Å². The van der Waals surface area contributed by atoms with Crippen LogP contribution in [-0.4, -0.2) is 14.9 Å².